The standard InChI is InChI=1S/C36H63N9O13/c1-2-3-4-5-6-7-8-9-13-22(46)43-20(12-10-15-42-35(38)39)31(52)41-17-11-16-40-24(33(53)54)29(58-34-28(51)25(48)21(19-37)56-34)30-26(49)27(50)32(57-30)45-18-14-23(47)44-36(45)55/h14,18,20-21,24-30,32,34,40,48-51H,2-13,15-17,19,37H2,1H3,(H,41,52)(H,43,46)(H,53,54)(H4,38,39,42)(H,44,47,55)/t20-,21+,24-,25+,26-,27+,28+,29-,30-,32+,34-/m0/s1. The van der Waals surface area contributed by atoms with Crippen molar-refractivity contribution in [1.29, 1.82) is 0 Å². The number of amides is 2. The number of carboxylic acid groups (broad SMARTS) is 1. The summed E-state index contributed by atoms with van der Waals surface area (Å²) in [4.78, 5) is 68.8. The van der Waals surface area contributed by atoms with E-state index < -0.39 is 90.5 Å². The highest BCUT2D eigenvalue weighted by Gasteiger charge is 2.54. The van der Waals surface area contributed by atoms with Crippen LogP contribution in [0.1, 0.15) is 90.2 Å². The van der Waals surface area contributed by atoms with Crippen molar-refractivity contribution in [2.75, 3.05) is 26.2 Å². The SMILES string of the molecule is CCCCCCCCCCC(=O)N[C@@H](CCCN=C(N)N)C(=O)NCCCN[C@H](C(=O)O)[C@H](O[C@@H]1O[C@H](CN)[C@@H](O)[C@H]1O)[C@H]1O[C@@H](n2ccc(=O)[nH]c2=O)[C@H](O)[C@@H]1O. The highest BCUT2D eigenvalue weighted by Crippen LogP contribution is 2.34. The van der Waals surface area contributed by atoms with Crippen molar-refractivity contribution in [3.05, 3.63) is 33.1 Å². The lowest BCUT2D eigenvalue weighted by Crippen LogP contribution is -2.57. The molecule has 0 saturated carbocycles. The molecule has 2 fully saturated rings. The van der Waals surface area contributed by atoms with Gasteiger partial charge in [0, 0.05) is 38.3 Å². The first-order valence-corrected chi connectivity index (χ1v) is 20.0. The van der Waals surface area contributed by atoms with Crippen LogP contribution in [0.2, 0.25) is 0 Å². The lowest BCUT2D eigenvalue weighted by molar-refractivity contribution is -0.228. The topological polar surface area (TPSA) is 361 Å². The molecule has 2 saturated heterocycles. The maximum Gasteiger partial charge on any atom is 0.330 e. The average molecular weight is 830 g/mol. The molecule has 22 heteroatoms. The number of aromatic nitrogens is 2. The summed E-state index contributed by atoms with van der Waals surface area (Å²) >= 11 is 0. The van der Waals surface area contributed by atoms with E-state index in [0.29, 0.717) is 12.8 Å². The first-order chi connectivity index (χ1) is 27.7. The van der Waals surface area contributed by atoms with Gasteiger partial charge in [0.25, 0.3) is 5.56 Å². The van der Waals surface area contributed by atoms with E-state index in [4.69, 9.17) is 31.4 Å². The zero-order valence-corrected chi connectivity index (χ0v) is 32.9. The quantitative estimate of drug-likeness (QED) is 0.0233. The van der Waals surface area contributed by atoms with Crippen LogP contribution in [0, 0.1) is 0 Å². The van der Waals surface area contributed by atoms with Crippen molar-refractivity contribution in [2.45, 2.75) is 151 Å². The number of aliphatic hydroxyl groups is 4. The molecule has 2 aliphatic heterocycles. The Balaban J connectivity index is 1.65. The molecule has 3 rings (SSSR count). The maximum atomic E-state index is 13.2. The number of hydrogen-bond donors (Lipinski definition) is 12. The predicted molar refractivity (Wildman–Crippen MR) is 208 cm³/mol. The monoisotopic (exact) mass is 829 g/mol. The zero-order chi connectivity index (χ0) is 42.8. The van der Waals surface area contributed by atoms with Gasteiger partial charge in [-0.1, -0.05) is 51.9 Å². The fourth-order valence-electron chi connectivity index (χ4n) is 6.82. The highest BCUT2D eigenvalue weighted by atomic mass is 16.7. The first kappa shape index (κ1) is 48.4. The Hall–Kier alpha value is -4.00. The fraction of sp³-hybridized carbons (Fsp3) is 0.778. The minimum absolute atomic E-state index is 0.0370. The van der Waals surface area contributed by atoms with Gasteiger partial charge in [0.05, 0.1) is 0 Å². The number of nitrogens with one attached hydrogen (secondary N) is 4. The summed E-state index contributed by atoms with van der Waals surface area (Å²) in [7, 11) is 0. The lowest BCUT2D eigenvalue weighted by atomic mass is 9.98. The van der Waals surface area contributed by atoms with E-state index in [-0.39, 0.29) is 57.3 Å². The predicted octanol–water partition coefficient (Wildman–Crippen LogP) is -3.44. The molecule has 58 heavy (non-hydrogen) atoms. The second-order valence-electron chi connectivity index (χ2n) is 14.6. The summed E-state index contributed by atoms with van der Waals surface area (Å²) in [5.74, 6) is -2.35. The Kier molecular flexibility index (Phi) is 20.7. The van der Waals surface area contributed by atoms with E-state index >= 15 is 0 Å². The lowest BCUT2D eigenvalue weighted by Gasteiger charge is -2.33. The number of aliphatic hydroxyl groups excluding tert-OH is 4. The molecule has 0 unspecified atom stereocenters. The van der Waals surface area contributed by atoms with E-state index in [9.17, 15) is 49.5 Å². The number of aliphatic carboxylic acids is 1. The molecule has 2 amide bonds. The van der Waals surface area contributed by atoms with Crippen LogP contribution >= 0.6 is 0 Å². The second-order valence-corrected chi connectivity index (χ2v) is 14.6. The van der Waals surface area contributed by atoms with Gasteiger partial charge in [-0.3, -0.25) is 33.7 Å². The molecule has 1 aromatic heterocycles. The van der Waals surface area contributed by atoms with Gasteiger partial charge in [-0.2, -0.15) is 0 Å². The summed E-state index contributed by atoms with van der Waals surface area (Å²) in [5.41, 5.74) is 14.7. The number of ether oxygens (including phenoxy) is 3. The van der Waals surface area contributed by atoms with E-state index in [2.05, 4.69) is 27.9 Å². The van der Waals surface area contributed by atoms with Crippen molar-refractivity contribution in [3.8, 4) is 0 Å². The molecular formula is C36H63N9O13. The number of carbonyl (C=O) groups excluding carboxylic acids is 2. The third-order valence-corrected chi connectivity index (χ3v) is 10.0. The van der Waals surface area contributed by atoms with Crippen LogP contribution in [0.3, 0.4) is 0 Å². The average Bonchev–Trinajstić information content (AvgIpc) is 3.62. The minimum atomic E-state index is -1.87. The van der Waals surface area contributed by atoms with Gasteiger partial charge < -0.3 is 72.9 Å². The Labute approximate surface area is 335 Å². The van der Waals surface area contributed by atoms with E-state index in [0.717, 1.165) is 36.1 Å². The van der Waals surface area contributed by atoms with Crippen molar-refractivity contribution < 1.29 is 54.1 Å². The maximum absolute atomic E-state index is 13.2. The van der Waals surface area contributed by atoms with Crippen molar-refractivity contribution in [2.24, 2.45) is 22.2 Å². The molecule has 1 aromatic rings. The summed E-state index contributed by atoms with van der Waals surface area (Å²) in [5, 5.41) is 61.6. The number of rotatable bonds is 27. The molecule has 15 N–H and O–H groups in total. The van der Waals surface area contributed by atoms with Gasteiger partial charge in [0.15, 0.2) is 18.5 Å². The molecule has 11 atom stereocenters. The number of aromatic amines is 1. The first-order valence-electron chi connectivity index (χ1n) is 20.0. The number of aliphatic imine (C=N–C) groups is 1. The fourth-order valence-corrected chi connectivity index (χ4v) is 6.82. The van der Waals surface area contributed by atoms with Crippen LogP contribution in [-0.4, -0.2) is 146 Å². The van der Waals surface area contributed by atoms with Crippen LogP contribution in [-0.2, 0) is 28.6 Å². The Morgan fingerprint density at radius 3 is 2.24 bits per heavy atom. The number of carboxylic acids is 1. The zero-order valence-electron chi connectivity index (χ0n) is 32.9. The number of carbonyl (C=O) groups is 3. The second kappa shape index (κ2) is 24.8. The number of nitrogens with zero attached hydrogens (tertiary/aromatic N) is 2. The number of guanidine groups is 1. The molecule has 3 heterocycles. The molecule has 0 bridgehead atoms. The molecule has 0 aromatic carbocycles. The van der Waals surface area contributed by atoms with E-state index in [1.54, 1.807) is 0 Å². The van der Waals surface area contributed by atoms with Gasteiger partial charge >= 0.3 is 11.7 Å². The van der Waals surface area contributed by atoms with Crippen LogP contribution < -0.4 is 44.4 Å². The minimum Gasteiger partial charge on any atom is -0.480 e. The molecule has 0 radical (unpaired) electrons. The van der Waals surface area contributed by atoms with Crippen LogP contribution in [0.25, 0.3) is 0 Å². The van der Waals surface area contributed by atoms with Gasteiger partial charge in [0.2, 0.25) is 11.8 Å². The van der Waals surface area contributed by atoms with Crippen molar-refractivity contribution >= 4 is 23.7 Å². The summed E-state index contributed by atoms with van der Waals surface area (Å²) in [6.45, 7) is 2.14. The third-order valence-electron chi connectivity index (χ3n) is 10.0. The number of unbranched alkanes of at least 4 members (excludes halogenated alkanes) is 7. The molecular weight excluding hydrogens is 766 g/mol. The number of hydrogen-bond acceptors (Lipinski definition) is 15. The Bertz CT molecular complexity index is 1580. The van der Waals surface area contributed by atoms with Crippen molar-refractivity contribution in [1.82, 2.24) is 25.5 Å². The van der Waals surface area contributed by atoms with Crippen LogP contribution in [0.5, 0.6) is 0 Å². The molecule has 22 nitrogen and oxygen atoms in total. The summed E-state index contributed by atoms with van der Waals surface area (Å²) in [6, 6.07) is -1.64. The molecule has 0 spiro atoms. The Morgan fingerprint density at radius 1 is 0.931 bits per heavy atom. The van der Waals surface area contributed by atoms with Gasteiger partial charge in [-0.25, -0.2) is 4.79 Å². The molecule has 330 valence electrons. The van der Waals surface area contributed by atoms with Gasteiger partial charge in [-0.15, -0.1) is 0 Å². The number of H-pyrrole nitrogens is 1. The number of nitrogens with two attached hydrogens (primary N) is 3. The normalized spacial score (nSPS) is 25.8. The molecule has 0 aliphatic carbocycles. The molecule has 2 aliphatic rings. The summed E-state index contributed by atoms with van der Waals surface area (Å²) < 4.78 is 18.0. The smallest absolute Gasteiger partial charge is 0.330 e. The highest BCUT2D eigenvalue weighted by molar-refractivity contribution is 5.87. The van der Waals surface area contributed by atoms with Gasteiger partial charge in [0.1, 0.15) is 54.8 Å². The van der Waals surface area contributed by atoms with Gasteiger partial charge in [-0.05, 0) is 32.2 Å². The third kappa shape index (κ3) is 14.7. The Morgan fingerprint density at radius 2 is 1.62 bits per heavy atom. The van der Waals surface area contributed by atoms with Crippen LogP contribution in [0.15, 0.2) is 26.8 Å². The summed E-state index contributed by atoms with van der Waals surface area (Å²) in [6.07, 6.45) is -4.09. The largest absolute Gasteiger partial charge is 0.480 e. The van der Waals surface area contributed by atoms with E-state index in [1.165, 1.54) is 25.7 Å². The van der Waals surface area contributed by atoms with Crippen molar-refractivity contribution in [3.63, 3.8) is 0 Å². The van der Waals surface area contributed by atoms with Crippen LogP contribution in [0.4, 0.5) is 0 Å². The van der Waals surface area contributed by atoms with E-state index in [1.807, 2.05) is 4.98 Å².